The molecular weight excluding hydrogens is 180 g/mol. The standard InChI is InChI=1S/C9H12N4O/c1-7(14)5-13-3-2-11-9(13)8-4-10-6-12-8/h2-4,6-7,14H,5H2,1H3,(H,10,12)/t7-/m1/s1. The zero-order valence-corrected chi connectivity index (χ0v) is 7.88. The number of imidazole rings is 2. The van der Waals surface area contributed by atoms with E-state index in [0.29, 0.717) is 6.54 Å². The van der Waals surface area contributed by atoms with Crippen molar-refractivity contribution in [3.63, 3.8) is 0 Å². The Bertz CT molecular complexity index is 391. The largest absolute Gasteiger partial charge is 0.392 e. The summed E-state index contributed by atoms with van der Waals surface area (Å²) in [5.74, 6) is 0.795. The summed E-state index contributed by atoms with van der Waals surface area (Å²) in [6.45, 7) is 2.28. The van der Waals surface area contributed by atoms with Crippen molar-refractivity contribution in [1.29, 1.82) is 0 Å². The number of aliphatic hydroxyl groups excluding tert-OH is 1. The maximum Gasteiger partial charge on any atom is 0.158 e. The van der Waals surface area contributed by atoms with Gasteiger partial charge in [-0.2, -0.15) is 0 Å². The molecule has 5 nitrogen and oxygen atoms in total. The van der Waals surface area contributed by atoms with Gasteiger partial charge in [-0.1, -0.05) is 0 Å². The normalized spacial score (nSPS) is 13.0. The Balaban J connectivity index is 2.30. The van der Waals surface area contributed by atoms with Crippen LogP contribution in [0.15, 0.2) is 24.9 Å². The molecule has 0 radical (unpaired) electrons. The Morgan fingerprint density at radius 1 is 1.64 bits per heavy atom. The lowest BCUT2D eigenvalue weighted by atomic mass is 10.4. The lowest BCUT2D eigenvalue weighted by Crippen LogP contribution is -2.12. The average molecular weight is 192 g/mol. The van der Waals surface area contributed by atoms with Crippen molar-refractivity contribution in [3.05, 3.63) is 24.9 Å². The number of aromatic amines is 1. The Hall–Kier alpha value is -1.62. The van der Waals surface area contributed by atoms with E-state index in [-0.39, 0.29) is 6.10 Å². The van der Waals surface area contributed by atoms with Gasteiger partial charge in [-0.15, -0.1) is 0 Å². The van der Waals surface area contributed by atoms with Crippen LogP contribution < -0.4 is 0 Å². The number of hydrogen-bond donors (Lipinski definition) is 2. The summed E-state index contributed by atoms with van der Waals surface area (Å²) in [5, 5.41) is 9.27. The van der Waals surface area contributed by atoms with Gasteiger partial charge < -0.3 is 14.7 Å². The molecule has 0 aromatic carbocycles. The number of H-pyrrole nitrogens is 1. The molecule has 5 heteroatoms. The number of hydrogen-bond acceptors (Lipinski definition) is 3. The van der Waals surface area contributed by atoms with E-state index < -0.39 is 0 Å². The number of aliphatic hydroxyl groups is 1. The second-order valence-electron chi connectivity index (χ2n) is 3.22. The lowest BCUT2D eigenvalue weighted by molar-refractivity contribution is 0.174. The third-order valence-electron chi connectivity index (χ3n) is 1.92. The Labute approximate surface area is 81.4 Å². The van der Waals surface area contributed by atoms with E-state index >= 15 is 0 Å². The first kappa shape index (κ1) is 8.96. The molecule has 0 aliphatic rings. The van der Waals surface area contributed by atoms with Crippen LogP contribution in [0.4, 0.5) is 0 Å². The van der Waals surface area contributed by atoms with Gasteiger partial charge in [-0.05, 0) is 6.92 Å². The van der Waals surface area contributed by atoms with Gasteiger partial charge >= 0.3 is 0 Å². The van der Waals surface area contributed by atoms with Gasteiger partial charge in [0.05, 0.1) is 18.6 Å². The van der Waals surface area contributed by atoms with Crippen LogP contribution in [-0.2, 0) is 6.54 Å². The molecule has 0 fully saturated rings. The molecule has 1 atom stereocenters. The zero-order valence-electron chi connectivity index (χ0n) is 7.88. The molecule has 14 heavy (non-hydrogen) atoms. The highest BCUT2D eigenvalue weighted by Crippen LogP contribution is 2.13. The second kappa shape index (κ2) is 3.63. The third-order valence-corrected chi connectivity index (χ3v) is 1.92. The molecule has 2 N–H and O–H groups in total. The fourth-order valence-electron chi connectivity index (χ4n) is 1.36. The maximum atomic E-state index is 9.27. The first-order chi connectivity index (χ1) is 6.77. The van der Waals surface area contributed by atoms with Crippen LogP contribution in [0.2, 0.25) is 0 Å². The molecule has 2 aromatic rings. The van der Waals surface area contributed by atoms with Crippen molar-refractivity contribution < 1.29 is 5.11 Å². The van der Waals surface area contributed by atoms with Gasteiger partial charge in [-0.25, -0.2) is 9.97 Å². The fourth-order valence-corrected chi connectivity index (χ4v) is 1.36. The highest BCUT2D eigenvalue weighted by molar-refractivity contribution is 5.47. The summed E-state index contributed by atoms with van der Waals surface area (Å²) >= 11 is 0. The molecule has 0 amide bonds. The third kappa shape index (κ3) is 1.67. The predicted molar refractivity (Wildman–Crippen MR) is 51.5 cm³/mol. The molecule has 2 aromatic heterocycles. The predicted octanol–water partition coefficient (Wildman–Crippen LogP) is 0.654. The Morgan fingerprint density at radius 2 is 2.50 bits per heavy atom. The van der Waals surface area contributed by atoms with E-state index in [4.69, 9.17) is 0 Å². The summed E-state index contributed by atoms with van der Waals surface area (Å²) in [4.78, 5) is 11.1. The van der Waals surface area contributed by atoms with Crippen LogP contribution >= 0.6 is 0 Å². The minimum Gasteiger partial charge on any atom is -0.392 e. The van der Waals surface area contributed by atoms with Gasteiger partial charge in [0.15, 0.2) is 5.82 Å². The van der Waals surface area contributed by atoms with E-state index in [2.05, 4.69) is 15.0 Å². The van der Waals surface area contributed by atoms with Gasteiger partial charge in [0.2, 0.25) is 0 Å². The first-order valence-corrected chi connectivity index (χ1v) is 4.45. The second-order valence-corrected chi connectivity index (χ2v) is 3.22. The number of aromatic nitrogens is 4. The number of rotatable bonds is 3. The summed E-state index contributed by atoms with van der Waals surface area (Å²) < 4.78 is 1.89. The minimum absolute atomic E-state index is 0.383. The quantitative estimate of drug-likeness (QED) is 0.750. The molecule has 0 saturated heterocycles. The molecule has 0 spiro atoms. The van der Waals surface area contributed by atoms with Crippen LogP contribution in [0.25, 0.3) is 11.5 Å². The topological polar surface area (TPSA) is 66.7 Å². The number of nitrogens with zero attached hydrogens (tertiary/aromatic N) is 3. The van der Waals surface area contributed by atoms with Crippen LogP contribution in [-0.4, -0.2) is 30.7 Å². The Kier molecular flexibility index (Phi) is 2.32. The van der Waals surface area contributed by atoms with Crippen LogP contribution in [0.3, 0.4) is 0 Å². The van der Waals surface area contributed by atoms with Crippen molar-refractivity contribution in [2.75, 3.05) is 0 Å². The van der Waals surface area contributed by atoms with Gasteiger partial charge in [0.25, 0.3) is 0 Å². The first-order valence-electron chi connectivity index (χ1n) is 4.45. The molecule has 2 heterocycles. The molecule has 0 aliphatic heterocycles. The van der Waals surface area contributed by atoms with Crippen LogP contribution in [0.1, 0.15) is 6.92 Å². The highest BCUT2D eigenvalue weighted by atomic mass is 16.3. The molecule has 0 bridgehead atoms. The molecule has 0 saturated carbocycles. The van der Waals surface area contributed by atoms with Crippen LogP contribution in [0, 0.1) is 0 Å². The number of nitrogens with one attached hydrogen (secondary N) is 1. The lowest BCUT2D eigenvalue weighted by Gasteiger charge is -2.07. The SMILES string of the molecule is C[C@@H](O)Cn1ccnc1-c1cnc[nH]1. The fraction of sp³-hybridized carbons (Fsp3) is 0.333. The summed E-state index contributed by atoms with van der Waals surface area (Å²) in [6.07, 6.45) is 6.48. The zero-order chi connectivity index (χ0) is 9.97. The van der Waals surface area contributed by atoms with Crippen molar-refractivity contribution >= 4 is 0 Å². The monoisotopic (exact) mass is 192 g/mol. The summed E-state index contributed by atoms with van der Waals surface area (Å²) in [7, 11) is 0. The van der Waals surface area contributed by atoms with E-state index in [0.717, 1.165) is 11.5 Å². The van der Waals surface area contributed by atoms with Gasteiger partial charge in [0.1, 0.15) is 5.69 Å². The van der Waals surface area contributed by atoms with Gasteiger partial charge in [-0.3, -0.25) is 0 Å². The van der Waals surface area contributed by atoms with E-state index in [9.17, 15) is 5.11 Å². The molecular formula is C9H12N4O. The molecule has 2 rings (SSSR count). The molecule has 74 valence electrons. The smallest absolute Gasteiger partial charge is 0.158 e. The summed E-state index contributed by atoms with van der Waals surface area (Å²) in [6, 6.07) is 0. The maximum absolute atomic E-state index is 9.27. The minimum atomic E-state index is -0.383. The average Bonchev–Trinajstić information content (AvgIpc) is 2.70. The van der Waals surface area contributed by atoms with Crippen molar-refractivity contribution in [2.45, 2.75) is 19.6 Å². The molecule has 0 unspecified atom stereocenters. The summed E-state index contributed by atoms with van der Waals surface area (Å²) in [5.41, 5.74) is 0.857. The molecule has 0 aliphatic carbocycles. The van der Waals surface area contributed by atoms with Crippen molar-refractivity contribution in [2.24, 2.45) is 0 Å². The van der Waals surface area contributed by atoms with E-state index in [1.807, 2.05) is 10.8 Å². The highest BCUT2D eigenvalue weighted by Gasteiger charge is 2.08. The van der Waals surface area contributed by atoms with Crippen LogP contribution in [0.5, 0.6) is 0 Å². The van der Waals surface area contributed by atoms with Gasteiger partial charge in [0, 0.05) is 18.9 Å². The van der Waals surface area contributed by atoms with Crippen molar-refractivity contribution in [3.8, 4) is 11.5 Å². The Morgan fingerprint density at radius 3 is 3.14 bits per heavy atom. The van der Waals surface area contributed by atoms with E-state index in [1.165, 1.54) is 0 Å². The van der Waals surface area contributed by atoms with Crippen molar-refractivity contribution in [1.82, 2.24) is 19.5 Å². The van der Waals surface area contributed by atoms with E-state index in [1.54, 1.807) is 25.6 Å².